The molecule has 2 aromatic rings. The summed E-state index contributed by atoms with van der Waals surface area (Å²) in [5.74, 6) is -1.69. The van der Waals surface area contributed by atoms with Crippen molar-refractivity contribution < 1.29 is 29.6 Å². The van der Waals surface area contributed by atoms with Crippen molar-refractivity contribution in [2.75, 3.05) is 13.2 Å². The lowest BCUT2D eigenvalue weighted by Crippen LogP contribution is -2.38. The fourth-order valence-electron chi connectivity index (χ4n) is 3.18. The largest absolute Gasteiger partial charge is 0.490 e. The molecule has 0 spiro atoms. The van der Waals surface area contributed by atoms with Crippen molar-refractivity contribution in [2.24, 2.45) is 0 Å². The van der Waals surface area contributed by atoms with E-state index in [2.05, 4.69) is 10.3 Å². The number of aliphatic hydroxyl groups is 1. The van der Waals surface area contributed by atoms with Crippen LogP contribution in [0.1, 0.15) is 32.1 Å². The lowest BCUT2D eigenvalue weighted by molar-refractivity contribution is -0.134. The molecular weight excluding hydrogens is 376 g/mol. The van der Waals surface area contributed by atoms with Crippen LogP contribution in [0.3, 0.4) is 0 Å². The Bertz CT molecular complexity index is 794. The van der Waals surface area contributed by atoms with E-state index >= 15 is 0 Å². The van der Waals surface area contributed by atoms with Gasteiger partial charge >= 0.3 is 11.9 Å². The number of nitrogens with one attached hydrogen (secondary N) is 2. The Morgan fingerprint density at radius 3 is 2.48 bits per heavy atom. The zero-order valence-electron chi connectivity index (χ0n) is 16.2. The average Bonchev–Trinajstić information content (AvgIpc) is 3.20. The lowest BCUT2D eigenvalue weighted by atomic mass is 9.95. The van der Waals surface area contributed by atoms with Gasteiger partial charge in [-0.25, -0.2) is 9.59 Å². The Balaban J connectivity index is 0.000000321. The number of hydrogen-bond donors (Lipinski definition) is 5. The maximum Gasteiger partial charge on any atom is 0.328 e. The fourth-order valence-corrected chi connectivity index (χ4v) is 3.18. The molecule has 8 nitrogen and oxygen atoms in total. The lowest BCUT2D eigenvalue weighted by Gasteiger charge is -2.24. The van der Waals surface area contributed by atoms with Crippen LogP contribution in [0.5, 0.6) is 5.75 Å². The average molecular weight is 404 g/mol. The Morgan fingerprint density at radius 2 is 1.83 bits per heavy atom. The standard InChI is InChI=1S/C17H24N2O2.C4H4O4/c20-14(11-19-13-5-2-1-3-6-13)12-21-17-8-4-7-16-15(17)9-10-18-16;5-3(6)1-2-4(7)8/h4,7-10,13-14,18-20H,1-3,5-6,11-12H2;1-2H,(H,5,6)(H,7,8). The van der Waals surface area contributed by atoms with Gasteiger partial charge in [-0.05, 0) is 31.0 Å². The summed E-state index contributed by atoms with van der Waals surface area (Å²) in [6.45, 7) is 0.928. The monoisotopic (exact) mass is 404 g/mol. The fraction of sp³-hybridized carbons (Fsp3) is 0.429. The first kappa shape index (κ1) is 22.4. The topological polar surface area (TPSA) is 132 Å². The molecule has 8 heteroatoms. The first-order valence-corrected chi connectivity index (χ1v) is 9.70. The molecule has 29 heavy (non-hydrogen) atoms. The number of carbonyl (C=O) groups is 2. The van der Waals surface area contributed by atoms with Gasteiger partial charge < -0.3 is 30.4 Å². The van der Waals surface area contributed by atoms with Crippen LogP contribution >= 0.6 is 0 Å². The van der Waals surface area contributed by atoms with Crippen LogP contribution in [-0.4, -0.2) is 57.5 Å². The van der Waals surface area contributed by atoms with E-state index in [1.54, 1.807) is 0 Å². The summed E-state index contributed by atoms with van der Waals surface area (Å²) in [6, 6.07) is 8.49. The quantitative estimate of drug-likeness (QED) is 0.427. The zero-order chi connectivity index (χ0) is 21.1. The summed E-state index contributed by atoms with van der Waals surface area (Å²) in [7, 11) is 0. The molecule has 1 atom stereocenters. The number of H-pyrrole nitrogens is 1. The SMILES string of the molecule is O=C(O)C=CC(=O)O.OC(CNC1CCCCC1)COc1cccc2[nH]ccc12. The Labute approximate surface area is 169 Å². The number of carboxylic acids is 2. The molecule has 1 aromatic heterocycles. The normalized spacial score (nSPS) is 15.6. The first-order chi connectivity index (χ1) is 14.0. The molecule has 158 valence electrons. The number of benzene rings is 1. The predicted octanol–water partition coefficient (Wildman–Crippen LogP) is 2.54. The minimum absolute atomic E-state index is 0.323. The van der Waals surface area contributed by atoms with Gasteiger partial charge in [-0.1, -0.05) is 25.3 Å². The number of rotatable bonds is 8. The number of aromatic amines is 1. The maximum atomic E-state index is 10.1. The highest BCUT2D eigenvalue weighted by molar-refractivity contribution is 5.89. The van der Waals surface area contributed by atoms with E-state index < -0.39 is 18.0 Å². The molecule has 1 saturated carbocycles. The van der Waals surface area contributed by atoms with Crippen molar-refractivity contribution in [2.45, 2.75) is 44.2 Å². The van der Waals surface area contributed by atoms with Crippen molar-refractivity contribution in [1.29, 1.82) is 0 Å². The van der Waals surface area contributed by atoms with Crippen LogP contribution < -0.4 is 10.1 Å². The molecule has 0 bridgehead atoms. The van der Waals surface area contributed by atoms with E-state index in [9.17, 15) is 14.7 Å². The first-order valence-electron chi connectivity index (χ1n) is 9.70. The Morgan fingerprint density at radius 1 is 1.14 bits per heavy atom. The minimum atomic E-state index is -1.26. The minimum Gasteiger partial charge on any atom is -0.490 e. The second-order valence-electron chi connectivity index (χ2n) is 6.91. The highest BCUT2D eigenvalue weighted by Crippen LogP contribution is 2.24. The summed E-state index contributed by atoms with van der Waals surface area (Å²) < 4.78 is 5.77. The van der Waals surface area contributed by atoms with Crippen molar-refractivity contribution in [3.8, 4) is 5.75 Å². The molecule has 1 aliphatic rings. The number of aliphatic hydroxyl groups excluding tert-OH is 1. The van der Waals surface area contributed by atoms with Crippen molar-refractivity contribution in [3.05, 3.63) is 42.6 Å². The van der Waals surface area contributed by atoms with E-state index in [0.29, 0.717) is 31.3 Å². The van der Waals surface area contributed by atoms with Gasteiger partial charge in [0.25, 0.3) is 0 Å². The molecule has 3 rings (SSSR count). The number of ether oxygens (including phenoxy) is 1. The van der Waals surface area contributed by atoms with Gasteiger partial charge in [-0.3, -0.25) is 0 Å². The van der Waals surface area contributed by atoms with Gasteiger partial charge in [0.1, 0.15) is 18.5 Å². The van der Waals surface area contributed by atoms with E-state index in [1.807, 2.05) is 30.5 Å². The number of aliphatic carboxylic acids is 2. The van der Waals surface area contributed by atoms with Gasteiger partial charge in [0.2, 0.25) is 0 Å². The molecule has 1 aliphatic carbocycles. The smallest absolute Gasteiger partial charge is 0.328 e. The van der Waals surface area contributed by atoms with Crippen LogP contribution in [0.25, 0.3) is 10.9 Å². The molecule has 0 saturated heterocycles. The second-order valence-corrected chi connectivity index (χ2v) is 6.91. The van der Waals surface area contributed by atoms with Crippen molar-refractivity contribution >= 4 is 22.8 Å². The third kappa shape index (κ3) is 8.37. The van der Waals surface area contributed by atoms with Gasteiger partial charge in [0.15, 0.2) is 0 Å². The van der Waals surface area contributed by atoms with E-state index in [1.165, 1.54) is 32.1 Å². The molecule has 0 radical (unpaired) electrons. The van der Waals surface area contributed by atoms with Gasteiger partial charge in [-0.15, -0.1) is 0 Å². The second kappa shape index (κ2) is 11.9. The number of fused-ring (bicyclic) bond motifs is 1. The molecule has 1 fully saturated rings. The third-order valence-corrected chi connectivity index (χ3v) is 4.60. The third-order valence-electron chi connectivity index (χ3n) is 4.60. The van der Waals surface area contributed by atoms with Crippen molar-refractivity contribution in [3.63, 3.8) is 0 Å². The molecule has 0 aliphatic heterocycles. The van der Waals surface area contributed by atoms with Crippen LogP contribution in [0.4, 0.5) is 0 Å². The summed E-state index contributed by atoms with van der Waals surface area (Å²) in [4.78, 5) is 22.3. The number of hydrogen-bond acceptors (Lipinski definition) is 5. The van der Waals surface area contributed by atoms with E-state index in [0.717, 1.165) is 16.7 Å². The Hall–Kier alpha value is -2.84. The molecule has 1 unspecified atom stereocenters. The summed E-state index contributed by atoms with van der Waals surface area (Å²) in [5, 5.41) is 30.2. The molecule has 0 amide bonds. The summed E-state index contributed by atoms with van der Waals surface area (Å²) in [5.41, 5.74) is 1.06. The van der Waals surface area contributed by atoms with Crippen LogP contribution in [0.15, 0.2) is 42.6 Å². The highest BCUT2D eigenvalue weighted by Gasteiger charge is 2.14. The van der Waals surface area contributed by atoms with E-state index in [-0.39, 0.29) is 0 Å². The molecule has 1 heterocycles. The van der Waals surface area contributed by atoms with Crippen LogP contribution in [-0.2, 0) is 9.59 Å². The molecule has 5 N–H and O–H groups in total. The number of carboxylic acid groups (broad SMARTS) is 2. The summed E-state index contributed by atoms with van der Waals surface area (Å²) >= 11 is 0. The maximum absolute atomic E-state index is 10.1. The van der Waals surface area contributed by atoms with Gasteiger partial charge in [-0.2, -0.15) is 0 Å². The van der Waals surface area contributed by atoms with E-state index in [4.69, 9.17) is 14.9 Å². The predicted molar refractivity (Wildman–Crippen MR) is 109 cm³/mol. The zero-order valence-corrected chi connectivity index (χ0v) is 16.2. The summed E-state index contributed by atoms with van der Waals surface area (Å²) in [6.07, 6.45) is 8.97. The van der Waals surface area contributed by atoms with Crippen molar-refractivity contribution in [1.82, 2.24) is 10.3 Å². The molecular formula is C21H28N2O6. The van der Waals surface area contributed by atoms with Crippen LogP contribution in [0, 0.1) is 0 Å². The Kier molecular flexibility index (Phi) is 9.20. The molecule has 1 aromatic carbocycles. The number of aromatic nitrogens is 1. The highest BCUT2D eigenvalue weighted by atomic mass is 16.5. The van der Waals surface area contributed by atoms with Crippen LogP contribution in [0.2, 0.25) is 0 Å². The van der Waals surface area contributed by atoms with Gasteiger partial charge in [0.05, 0.1) is 0 Å². The van der Waals surface area contributed by atoms with Gasteiger partial charge in [0, 0.05) is 41.8 Å².